The van der Waals surface area contributed by atoms with Crippen LogP contribution in [0.1, 0.15) is 32.6 Å². The number of hydrogen-bond acceptors (Lipinski definition) is 3. The summed E-state index contributed by atoms with van der Waals surface area (Å²) in [7, 11) is 0. The Hall–Kier alpha value is -0.330. The molecule has 6 heteroatoms. The summed E-state index contributed by atoms with van der Waals surface area (Å²) in [5.41, 5.74) is 5.66. The number of hydrogen-bond donors (Lipinski definition) is 1. The predicted octanol–water partition coefficient (Wildman–Crippen LogP) is 2.16. The number of morpholine rings is 1. The van der Waals surface area contributed by atoms with Crippen molar-refractivity contribution in [1.82, 2.24) is 4.90 Å². The molecule has 1 saturated carbocycles. The molecule has 1 aliphatic heterocycles. The summed E-state index contributed by atoms with van der Waals surface area (Å²) in [6, 6.07) is 0.236. The van der Waals surface area contributed by atoms with Crippen LogP contribution in [0.4, 0.5) is 13.2 Å². The SMILES string of the molecule is CC1COCCN1C1(CN)CCC(C(F)(F)F)CC1. The number of halogens is 3. The molecule has 0 aromatic carbocycles. The number of nitrogens with zero attached hydrogens (tertiary/aromatic N) is 1. The summed E-state index contributed by atoms with van der Waals surface area (Å²) in [5, 5.41) is 0. The molecular formula is C13H23F3N2O. The van der Waals surface area contributed by atoms with Crippen molar-refractivity contribution in [2.24, 2.45) is 11.7 Å². The molecule has 1 aliphatic carbocycles. The molecule has 2 fully saturated rings. The fraction of sp³-hybridized carbons (Fsp3) is 1.00. The molecule has 0 radical (unpaired) electrons. The molecular weight excluding hydrogens is 257 g/mol. The highest BCUT2D eigenvalue weighted by Gasteiger charge is 2.48. The number of ether oxygens (including phenoxy) is 1. The monoisotopic (exact) mass is 280 g/mol. The zero-order valence-electron chi connectivity index (χ0n) is 11.4. The largest absolute Gasteiger partial charge is 0.391 e. The van der Waals surface area contributed by atoms with Gasteiger partial charge in [-0.25, -0.2) is 0 Å². The van der Waals surface area contributed by atoms with Crippen molar-refractivity contribution < 1.29 is 17.9 Å². The standard InChI is InChI=1S/C13H23F3N2O/c1-10-8-19-7-6-18(10)12(9-17)4-2-11(3-5-12)13(14,15)16/h10-11H,2-9,17H2,1H3. The van der Waals surface area contributed by atoms with E-state index in [9.17, 15) is 13.2 Å². The van der Waals surface area contributed by atoms with E-state index in [-0.39, 0.29) is 24.4 Å². The van der Waals surface area contributed by atoms with Crippen LogP contribution in [0.5, 0.6) is 0 Å². The van der Waals surface area contributed by atoms with Gasteiger partial charge in [0.1, 0.15) is 0 Å². The van der Waals surface area contributed by atoms with Crippen molar-refractivity contribution in [3.05, 3.63) is 0 Å². The first-order valence-electron chi connectivity index (χ1n) is 7.00. The van der Waals surface area contributed by atoms with Crippen LogP contribution in [-0.2, 0) is 4.74 Å². The van der Waals surface area contributed by atoms with E-state index in [4.69, 9.17) is 10.5 Å². The third-order valence-electron chi connectivity index (χ3n) is 4.74. The summed E-state index contributed by atoms with van der Waals surface area (Å²) >= 11 is 0. The average molecular weight is 280 g/mol. The molecule has 1 saturated heterocycles. The molecule has 19 heavy (non-hydrogen) atoms. The second kappa shape index (κ2) is 5.58. The lowest BCUT2D eigenvalue weighted by Crippen LogP contribution is -2.62. The molecule has 1 atom stereocenters. The third kappa shape index (κ3) is 3.06. The molecule has 3 nitrogen and oxygen atoms in total. The van der Waals surface area contributed by atoms with Crippen molar-refractivity contribution in [1.29, 1.82) is 0 Å². The lowest BCUT2D eigenvalue weighted by molar-refractivity contribution is -0.191. The summed E-state index contributed by atoms with van der Waals surface area (Å²) in [6.07, 6.45) is -2.58. The highest BCUT2D eigenvalue weighted by Crippen LogP contribution is 2.43. The maximum absolute atomic E-state index is 12.8. The number of alkyl halides is 3. The minimum absolute atomic E-state index is 0.199. The first-order valence-corrected chi connectivity index (χ1v) is 7.00. The molecule has 2 aliphatic rings. The Labute approximate surface area is 112 Å². The molecule has 1 heterocycles. The Morgan fingerprint density at radius 1 is 1.32 bits per heavy atom. The van der Waals surface area contributed by atoms with Gasteiger partial charge in [-0.15, -0.1) is 0 Å². The Kier molecular flexibility index (Phi) is 4.42. The first-order chi connectivity index (χ1) is 8.89. The van der Waals surface area contributed by atoms with Gasteiger partial charge in [0.05, 0.1) is 19.1 Å². The zero-order valence-corrected chi connectivity index (χ0v) is 11.4. The van der Waals surface area contributed by atoms with Gasteiger partial charge in [-0.1, -0.05) is 0 Å². The average Bonchev–Trinajstić information content (AvgIpc) is 2.38. The number of rotatable bonds is 2. The van der Waals surface area contributed by atoms with Crippen molar-refractivity contribution in [3.8, 4) is 0 Å². The lowest BCUT2D eigenvalue weighted by Gasteiger charge is -2.51. The highest BCUT2D eigenvalue weighted by atomic mass is 19.4. The summed E-state index contributed by atoms with van der Waals surface area (Å²) < 4.78 is 43.7. The van der Waals surface area contributed by atoms with E-state index in [1.807, 2.05) is 0 Å². The van der Waals surface area contributed by atoms with Crippen LogP contribution < -0.4 is 5.73 Å². The van der Waals surface area contributed by atoms with Crippen molar-refractivity contribution in [2.75, 3.05) is 26.3 Å². The van der Waals surface area contributed by atoms with Gasteiger partial charge in [0, 0.05) is 24.7 Å². The van der Waals surface area contributed by atoms with Crippen molar-refractivity contribution in [2.45, 2.75) is 50.4 Å². The Bertz CT molecular complexity index is 301. The fourth-order valence-electron chi connectivity index (χ4n) is 3.52. The second-order valence-corrected chi connectivity index (χ2v) is 5.86. The van der Waals surface area contributed by atoms with Gasteiger partial charge in [-0.05, 0) is 32.6 Å². The van der Waals surface area contributed by atoms with Crippen molar-refractivity contribution >= 4 is 0 Å². The van der Waals surface area contributed by atoms with Crippen LogP contribution in [0.2, 0.25) is 0 Å². The van der Waals surface area contributed by atoms with Gasteiger partial charge in [-0.2, -0.15) is 13.2 Å². The van der Waals surface area contributed by atoms with Crippen LogP contribution in [0.3, 0.4) is 0 Å². The summed E-state index contributed by atoms with van der Waals surface area (Å²) in [5.74, 6) is -1.15. The summed E-state index contributed by atoms with van der Waals surface area (Å²) in [4.78, 5) is 2.28. The van der Waals surface area contributed by atoms with Gasteiger partial charge >= 0.3 is 6.18 Å². The maximum Gasteiger partial charge on any atom is 0.391 e. The smallest absolute Gasteiger partial charge is 0.379 e. The Morgan fingerprint density at radius 2 is 1.95 bits per heavy atom. The lowest BCUT2D eigenvalue weighted by atomic mass is 9.74. The first kappa shape index (κ1) is 15.1. The Balaban J connectivity index is 2.05. The minimum Gasteiger partial charge on any atom is -0.379 e. The molecule has 2 N–H and O–H groups in total. The molecule has 2 rings (SSSR count). The maximum atomic E-state index is 12.8. The van der Waals surface area contributed by atoms with E-state index in [0.29, 0.717) is 32.6 Å². The zero-order chi connectivity index (χ0) is 14.1. The molecule has 112 valence electrons. The molecule has 0 aromatic rings. The van der Waals surface area contributed by atoms with Gasteiger partial charge in [0.15, 0.2) is 0 Å². The van der Waals surface area contributed by atoms with Gasteiger partial charge < -0.3 is 10.5 Å². The Morgan fingerprint density at radius 3 is 2.42 bits per heavy atom. The molecule has 1 unspecified atom stereocenters. The van der Waals surface area contributed by atoms with Crippen molar-refractivity contribution in [3.63, 3.8) is 0 Å². The molecule has 0 spiro atoms. The van der Waals surface area contributed by atoms with Crippen LogP contribution in [0.15, 0.2) is 0 Å². The topological polar surface area (TPSA) is 38.5 Å². The predicted molar refractivity (Wildman–Crippen MR) is 66.8 cm³/mol. The molecule has 0 amide bonds. The van der Waals surface area contributed by atoms with Crippen LogP contribution in [0, 0.1) is 5.92 Å². The van der Waals surface area contributed by atoms with Crippen LogP contribution >= 0.6 is 0 Å². The van der Waals surface area contributed by atoms with E-state index in [2.05, 4.69) is 11.8 Å². The van der Waals surface area contributed by atoms with Gasteiger partial charge in [0.25, 0.3) is 0 Å². The fourth-order valence-corrected chi connectivity index (χ4v) is 3.52. The second-order valence-electron chi connectivity index (χ2n) is 5.86. The van der Waals surface area contributed by atoms with Crippen LogP contribution in [-0.4, -0.2) is 49.0 Å². The van der Waals surface area contributed by atoms with E-state index in [1.165, 1.54) is 0 Å². The van der Waals surface area contributed by atoms with E-state index in [1.54, 1.807) is 0 Å². The minimum atomic E-state index is -4.06. The highest BCUT2D eigenvalue weighted by molar-refractivity contribution is 4.99. The van der Waals surface area contributed by atoms with E-state index >= 15 is 0 Å². The molecule has 0 aromatic heterocycles. The molecule has 0 bridgehead atoms. The van der Waals surface area contributed by atoms with E-state index < -0.39 is 12.1 Å². The van der Waals surface area contributed by atoms with E-state index in [0.717, 1.165) is 6.54 Å². The summed E-state index contributed by atoms with van der Waals surface area (Å²) in [6.45, 7) is 4.56. The van der Waals surface area contributed by atoms with Crippen LogP contribution in [0.25, 0.3) is 0 Å². The normalized spacial score (nSPS) is 38.4. The number of nitrogens with two attached hydrogens (primary N) is 1. The van der Waals surface area contributed by atoms with Gasteiger partial charge in [-0.3, -0.25) is 4.90 Å². The third-order valence-corrected chi connectivity index (χ3v) is 4.74. The quantitative estimate of drug-likeness (QED) is 0.842. The van der Waals surface area contributed by atoms with Gasteiger partial charge in [0.2, 0.25) is 0 Å².